The predicted octanol–water partition coefficient (Wildman–Crippen LogP) is 3.83. The Morgan fingerprint density at radius 2 is 2.04 bits per heavy atom. The fraction of sp³-hybridized carbons (Fsp3) is 0.286. The summed E-state index contributed by atoms with van der Waals surface area (Å²) >= 11 is 0. The number of anilines is 1. The number of hydrogen-bond acceptors (Lipinski definition) is 3. The van der Waals surface area contributed by atoms with E-state index >= 15 is 0 Å². The molecule has 1 amide bonds. The van der Waals surface area contributed by atoms with E-state index in [1.165, 1.54) is 0 Å². The van der Waals surface area contributed by atoms with E-state index in [0.29, 0.717) is 11.3 Å². The average Bonchev–Trinajstić information content (AvgIpc) is 3.34. The van der Waals surface area contributed by atoms with Crippen LogP contribution in [0.25, 0.3) is 17.7 Å². The first-order valence-corrected chi connectivity index (χ1v) is 8.89. The average molecular weight is 350 g/mol. The Morgan fingerprint density at radius 3 is 2.81 bits per heavy atom. The van der Waals surface area contributed by atoms with Crippen LogP contribution in [0.5, 0.6) is 5.75 Å². The quantitative estimate of drug-likeness (QED) is 0.734. The summed E-state index contributed by atoms with van der Waals surface area (Å²) in [5.41, 5.74) is 3.15. The van der Waals surface area contributed by atoms with Gasteiger partial charge in [0.25, 0.3) is 5.91 Å². The molecule has 26 heavy (non-hydrogen) atoms. The van der Waals surface area contributed by atoms with Gasteiger partial charge in [0.2, 0.25) is 0 Å². The van der Waals surface area contributed by atoms with Crippen LogP contribution in [0.1, 0.15) is 42.5 Å². The topological polar surface area (TPSA) is 74.4 Å². The third kappa shape index (κ3) is 2.95. The molecule has 2 heterocycles. The SMILES string of the molecule is COc1cc[nH]c1C=C1C(=O)Nc2cccc(C=CC3(O)CCCC3)c21. The molecule has 0 atom stereocenters. The third-order valence-corrected chi connectivity index (χ3v) is 5.15. The highest BCUT2D eigenvalue weighted by Crippen LogP contribution is 2.38. The Morgan fingerprint density at radius 1 is 1.23 bits per heavy atom. The van der Waals surface area contributed by atoms with E-state index in [2.05, 4.69) is 10.3 Å². The second kappa shape index (κ2) is 6.50. The van der Waals surface area contributed by atoms with E-state index in [1.807, 2.05) is 42.5 Å². The molecule has 4 rings (SSSR count). The summed E-state index contributed by atoms with van der Waals surface area (Å²) < 4.78 is 5.32. The Hall–Kier alpha value is -2.79. The van der Waals surface area contributed by atoms with E-state index in [0.717, 1.165) is 48.2 Å². The van der Waals surface area contributed by atoms with Crippen molar-refractivity contribution < 1.29 is 14.6 Å². The number of methoxy groups -OCH3 is 1. The molecule has 1 fully saturated rings. The van der Waals surface area contributed by atoms with Crippen molar-refractivity contribution in [3.8, 4) is 5.75 Å². The first-order valence-electron chi connectivity index (χ1n) is 8.89. The molecule has 1 aliphatic heterocycles. The summed E-state index contributed by atoms with van der Waals surface area (Å²) in [5, 5.41) is 13.5. The fourth-order valence-electron chi connectivity index (χ4n) is 3.76. The van der Waals surface area contributed by atoms with Crippen LogP contribution in [-0.4, -0.2) is 28.7 Å². The smallest absolute Gasteiger partial charge is 0.256 e. The molecule has 0 unspecified atom stereocenters. The number of ether oxygens (including phenoxy) is 1. The standard InChI is InChI=1S/C21H22N2O3/c1-26-18-8-12-22-17(18)13-15-19-14(5-4-6-16(19)23-20(15)24)7-11-21(25)9-2-3-10-21/h4-8,11-13,22,25H,2-3,9-10H2,1H3,(H,23,24). The van der Waals surface area contributed by atoms with Gasteiger partial charge in [0.05, 0.1) is 24.0 Å². The number of H-pyrrole nitrogens is 1. The summed E-state index contributed by atoms with van der Waals surface area (Å²) in [5.74, 6) is 0.545. The molecule has 5 heteroatoms. The molecule has 1 aromatic carbocycles. The Labute approximate surface area is 152 Å². The summed E-state index contributed by atoms with van der Waals surface area (Å²) in [4.78, 5) is 15.6. The largest absolute Gasteiger partial charge is 0.495 e. The van der Waals surface area contributed by atoms with Crippen LogP contribution in [0.3, 0.4) is 0 Å². The molecular formula is C21H22N2O3. The monoisotopic (exact) mass is 350 g/mol. The summed E-state index contributed by atoms with van der Waals surface area (Å²) in [6, 6.07) is 7.59. The highest BCUT2D eigenvalue weighted by molar-refractivity contribution is 6.35. The van der Waals surface area contributed by atoms with Crippen LogP contribution < -0.4 is 10.1 Å². The van der Waals surface area contributed by atoms with Crippen LogP contribution in [0.2, 0.25) is 0 Å². The van der Waals surface area contributed by atoms with Gasteiger partial charge in [0.1, 0.15) is 5.75 Å². The van der Waals surface area contributed by atoms with Gasteiger partial charge in [-0.25, -0.2) is 0 Å². The number of carbonyl (C=O) groups excluding carboxylic acids is 1. The summed E-state index contributed by atoms with van der Waals surface area (Å²) in [7, 11) is 1.60. The van der Waals surface area contributed by atoms with Crippen LogP contribution in [0.4, 0.5) is 5.69 Å². The van der Waals surface area contributed by atoms with E-state index in [4.69, 9.17) is 4.74 Å². The first kappa shape index (κ1) is 16.7. The van der Waals surface area contributed by atoms with Crippen molar-refractivity contribution in [3.05, 3.63) is 53.4 Å². The lowest BCUT2D eigenvalue weighted by Gasteiger charge is -2.16. The zero-order valence-corrected chi connectivity index (χ0v) is 14.7. The van der Waals surface area contributed by atoms with Crippen LogP contribution in [-0.2, 0) is 4.79 Å². The molecule has 0 saturated heterocycles. The maximum absolute atomic E-state index is 12.5. The van der Waals surface area contributed by atoms with E-state index in [9.17, 15) is 9.90 Å². The van der Waals surface area contributed by atoms with Crippen molar-refractivity contribution in [3.63, 3.8) is 0 Å². The number of rotatable bonds is 4. The minimum atomic E-state index is -0.731. The van der Waals surface area contributed by atoms with E-state index < -0.39 is 5.60 Å². The molecule has 1 saturated carbocycles. The molecule has 0 bridgehead atoms. The minimum absolute atomic E-state index is 0.142. The van der Waals surface area contributed by atoms with Gasteiger partial charge in [-0.1, -0.05) is 37.1 Å². The van der Waals surface area contributed by atoms with E-state index in [1.54, 1.807) is 13.3 Å². The number of aromatic amines is 1. The number of aromatic nitrogens is 1. The highest BCUT2D eigenvalue weighted by Gasteiger charge is 2.29. The van der Waals surface area contributed by atoms with Gasteiger partial charge in [-0.15, -0.1) is 0 Å². The lowest BCUT2D eigenvalue weighted by molar-refractivity contribution is -0.110. The van der Waals surface area contributed by atoms with Gasteiger partial charge in [0, 0.05) is 17.4 Å². The van der Waals surface area contributed by atoms with Gasteiger partial charge in [0.15, 0.2) is 0 Å². The number of amides is 1. The molecule has 0 radical (unpaired) electrons. The van der Waals surface area contributed by atoms with Crippen LogP contribution in [0.15, 0.2) is 36.5 Å². The van der Waals surface area contributed by atoms with Crippen LogP contribution in [0, 0.1) is 0 Å². The molecule has 2 aromatic rings. The maximum atomic E-state index is 12.5. The Bertz CT molecular complexity index is 902. The number of carbonyl (C=O) groups is 1. The molecule has 1 aliphatic carbocycles. The predicted molar refractivity (Wildman–Crippen MR) is 103 cm³/mol. The van der Waals surface area contributed by atoms with Crippen molar-refractivity contribution in [2.45, 2.75) is 31.3 Å². The lowest BCUT2D eigenvalue weighted by atomic mass is 9.96. The van der Waals surface area contributed by atoms with Crippen molar-refractivity contribution >= 4 is 29.3 Å². The highest BCUT2D eigenvalue weighted by atomic mass is 16.5. The second-order valence-corrected chi connectivity index (χ2v) is 6.89. The van der Waals surface area contributed by atoms with Crippen molar-refractivity contribution in [2.75, 3.05) is 12.4 Å². The molecule has 3 N–H and O–H groups in total. The van der Waals surface area contributed by atoms with Gasteiger partial charge < -0.3 is 20.1 Å². The first-order chi connectivity index (χ1) is 12.6. The number of fused-ring (bicyclic) bond motifs is 1. The van der Waals surface area contributed by atoms with E-state index in [-0.39, 0.29) is 5.91 Å². The van der Waals surface area contributed by atoms with Gasteiger partial charge in [-0.3, -0.25) is 4.79 Å². The van der Waals surface area contributed by atoms with Crippen molar-refractivity contribution in [1.29, 1.82) is 0 Å². The number of benzene rings is 1. The van der Waals surface area contributed by atoms with Gasteiger partial charge in [-0.05, 0) is 36.6 Å². The van der Waals surface area contributed by atoms with Gasteiger partial charge in [-0.2, -0.15) is 0 Å². The zero-order chi connectivity index (χ0) is 18.1. The maximum Gasteiger partial charge on any atom is 0.256 e. The second-order valence-electron chi connectivity index (χ2n) is 6.89. The molecule has 5 nitrogen and oxygen atoms in total. The molecule has 2 aliphatic rings. The Kier molecular flexibility index (Phi) is 4.17. The van der Waals surface area contributed by atoms with Crippen molar-refractivity contribution in [2.24, 2.45) is 0 Å². The molecular weight excluding hydrogens is 328 g/mol. The third-order valence-electron chi connectivity index (χ3n) is 5.15. The van der Waals surface area contributed by atoms with Gasteiger partial charge >= 0.3 is 0 Å². The normalized spacial score (nSPS) is 19.9. The zero-order valence-electron chi connectivity index (χ0n) is 14.7. The van der Waals surface area contributed by atoms with Crippen molar-refractivity contribution in [1.82, 2.24) is 4.98 Å². The summed E-state index contributed by atoms with van der Waals surface area (Å²) in [6.45, 7) is 0. The van der Waals surface area contributed by atoms with Crippen LogP contribution >= 0.6 is 0 Å². The number of hydrogen-bond donors (Lipinski definition) is 3. The Balaban J connectivity index is 1.76. The molecule has 1 aromatic heterocycles. The number of nitrogens with one attached hydrogen (secondary N) is 2. The molecule has 134 valence electrons. The summed E-state index contributed by atoms with van der Waals surface area (Å²) in [6.07, 6.45) is 11.1. The minimum Gasteiger partial charge on any atom is -0.495 e. The fourth-order valence-corrected chi connectivity index (χ4v) is 3.76. The lowest BCUT2D eigenvalue weighted by Crippen LogP contribution is -2.19. The molecule has 0 spiro atoms. The number of aliphatic hydroxyl groups is 1.